The molecule has 8 heteroatoms. The average Bonchev–Trinajstić information content (AvgIpc) is 3.17. The molecule has 0 radical (unpaired) electrons. The van der Waals surface area contributed by atoms with E-state index in [1.807, 2.05) is 32.8 Å². The number of hydrogen-bond donors (Lipinski definition) is 0. The largest absolute Gasteiger partial charge is 0.490 e. The van der Waals surface area contributed by atoms with Crippen molar-refractivity contribution in [2.75, 3.05) is 45.3 Å². The van der Waals surface area contributed by atoms with Crippen LogP contribution in [-0.4, -0.2) is 67.3 Å². The lowest BCUT2D eigenvalue weighted by atomic mass is 10.1. The molecule has 1 fully saturated rings. The number of hydrogen-bond acceptors (Lipinski definition) is 7. The summed E-state index contributed by atoms with van der Waals surface area (Å²) in [7, 11) is 3.80. The summed E-state index contributed by atoms with van der Waals surface area (Å²) in [6, 6.07) is 5.31. The van der Waals surface area contributed by atoms with E-state index in [4.69, 9.17) is 14.2 Å². The molecule has 1 atom stereocenters. The van der Waals surface area contributed by atoms with Crippen molar-refractivity contribution >= 4 is 11.7 Å². The number of ether oxygens (including phenoxy) is 3. The van der Waals surface area contributed by atoms with Crippen molar-refractivity contribution in [2.24, 2.45) is 0 Å². The first-order valence-corrected chi connectivity index (χ1v) is 9.86. The van der Waals surface area contributed by atoms with E-state index in [1.165, 1.54) is 0 Å². The summed E-state index contributed by atoms with van der Waals surface area (Å²) in [6.45, 7) is 5.99. The van der Waals surface area contributed by atoms with Crippen LogP contribution in [0.3, 0.4) is 0 Å². The fraction of sp³-hybridized carbons (Fsp3) is 0.476. The predicted molar refractivity (Wildman–Crippen MR) is 110 cm³/mol. The van der Waals surface area contributed by atoms with Gasteiger partial charge in [0.15, 0.2) is 17.3 Å². The molecule has 0 saturated carbocycles. The standard InChI is InChI=1S/C21H28N4O4/c1-5-27-17-8-7-15(11-18(17)28-6-2)21(26)25-10-9-16(14-25)29-20-13-22-12-19(23-20)24(3)4/h7-8,11-13,16H,5-6,9-10,14H2,1-4H3. The Morgan fingerprint density at radius 2 is 1.93 bits per heavy atom. The lowest BCUT2D eigenvalue weighted by molar-refractivity contribution is 0.0770. The van der Waals surface area contributed by atoms with E-state index >= 15 is 0 Å². The maximum Gasteiger partial charge on any atom is 0.254 e. The van der Waals surface area contributed by atoms with Crippen LogP contribution in [0, 0.1) is 0 Å². The van der Waals surface area contributed by atoms with Crippen molar-refractivity contribution in [1.29, 1.82) is 0 Å². The van der Waals surface area contributed by atoms with Gasteiger partial charge in [-0.3, -0.25) is 9.78 Å². The van der Waals surface area contributed by atoms with E-state index in [2.05, 4.69) is 9.97 Å². The molecule has 0 aliphatic carbocycles. The van der Waals surface area contributed by atoms with Crippen LogP contribution in [-0.2, 0) is 0 Å². The van der Waals surface area contributed by atoms with Crippen LogP contribution in [0.2, 0.25) is 0 Å². The molecule has 1 aromatic carbocycles. The smallest absolute Gasteiger partial charge is 0.254 e. The van der Waals surface area contributed by atoms with Gasteiger partial charge in [-0.05, 0) is 32.0 Å². The van der Waals surface area contributed by atoms with Crippen molar-refractivity contribution < 1.29 is 19.0 Å². The monoisotopic (exact) mass is 400 g/mol. The van der Waals surface area contributed by atoms with Crippen molar-refractivity contribution in [1.82, 2.24) is 14.9 Å². The molecule has 3 rings (SSSR count). The molecule has 156 valence electrons. The number of aromatic nitrogens is 2. The highest BCUT2D eigenvalue weighted by atomic mass is 16.5. The molecule has 1 saturated heterocycles. The van der Waals surface area contributed by atoms with E-state index in [9.17, 15) is 4.79 Å². The highest BCUT2D eigenvalue weighted by molar-refractivity contribution is 5.95. The van der Waals surface area contributed by atoms with Crippen molar-refractivity contribution in [3.05, 3.63) is 36.2 Å². The summed E-state index contributed by atoms with van der Waals surface area (Å²) >= 11 is 0. The van der Waals surface area contributed by atoms with Crippen LogP contribution in [0.15, 0.2) is 30.6 Å². The third kappa shape index (κ3) is 5.07. The van der Waals surface area contributed by atoms with E-state index in [1.54, 1.807) is 35.5 Å². The summed E-state index contributed by atoms with van der Waals surface area (Å²) in [5.41, 5.74) is 0.576. The van der Waals surface area contributed by atoms with Gasteiger partial charge in [-0.15, -0.1) is 0 Å². The summed E-state index contributed by atoms with van der Waals surface area (Å²) in [5.74, 6) is 2.38. The molecule has 1 unspecified atom stereocenters. The van der Waals surface area contributed by atoms with Gasteiger partial charge in [-0.1, -0.05) is 0 Å². The molecule has 1 aromatic heterocycles. The fourth-order valence-electron chi connectivity index (χ4n) is 3.16. The zero-order valence-corrected chi connectivity index (χ0v) is 17.4. The van der Waals surface area contributed by atoms with Gasteiger partial charge < -0.3 is 24.0 Å². The minimum Gasteiger partial charge on any atom is -0.490 e. The maximum atomic E-state index is 13.0. The summed E-state index contributed by atoms with van der Waals surface area (Å²) < 4.78 is 17.2. The lowest BCUT2D eigenvalue weighted by Gasteiger charge is -2.19. The minimum atomic E-state index is -0.111. The number of carbonyl (C=O) groups is 1. The van der Waals surface area contributed by atoms with Crippen LogP contribution < -0.4 is 19.1 Å². The van der Waals surface area contributed by atoms with Gasteiger partial charge in [0.05, 0.1) is 32.2 Å². The second-order valence-corrected chi connectivity index (χ2v) is 6.92. The highest BCUT2D eigenvalue weighted by Crippen LogP contribution is 2.29. The normalized spacial score (nSPS) is 15.9. The van der Waals surface area contributed by atoms with Crippen LogP contribution in [0.25, 0.3) is 0 Å². The summed E-state index contributed by atoms with van der Waals surface area (Å²) in [4.78, 5) is 25.2. The topological polar surface area (TPSA) is 77.0 Å². The number of rotatable bonds is 8. The fourth-order valence-corrected chi connectivity index (χ4v) is 3.16. The molecular formula is C21H28N4O4. The van der Waals surface area contributed by atoms with Gasteiger partial charge in [0.25, 0.3) is 5.91 Å². The SMILES string of the molecule is CCOc1ccc(C(=O)N2CCC(Oc3cncc(N(C)C)n3)C2)cc1OCC. The number of benzene rings is 1. The first-order valence-electron chi connectivity index (χ1n) is 9.86. The van der Waals surface area contributed by atoms with Crippen LogP contribution >= 0.6 is 0 Å². The minimum absolute atomic E-state index is 0.0479. The van der Waals surface area contributed by atoms with Gasteiger partial charge in [-0.2, -0.15) is 4.98 Å². The van der Waals surface area contributed by atoms with E-state index < -0.39 is 0 Å². The van der Waals surface area contributed by atoms with Crippen LogP contribution in [0.5, 0.6) is 17.4 Å². The maximum absolute atomic E-state index is 13.0. The first kappa shape index (κ1) is 20.7. The lowest BCUT2D eigenvalue weighted by Crippen LogP contribution is -2.31. The zero-order chi connectivity index (χ0) is 20.8. The molecule has 2 heterocycles. The summed E-state index contributed by atoms with van der Waals surface area (Å²) in [6.07, 6.45) is 3.91. The Kier molecular flexibility index (Phi) is 6.74. The van der Waals surface area contributed by atoms with Crippen molar-refractivity contribution in [3.8, 4) is 17.4 Å². The Labute approximate surface area is 171 Å². The molecule has 29 heavy (non-hydrogen) atoms. The molecule has 0 bridgehead atoms. The summed E-state index contributed by atoms with van der Waals surface area (Å²) in [5, 5.41) is 0. The molecular weight excluding hydrogens is 372 g/mol. The molecule has 8 nitrogen and oxygen atoms in total. The van der Waals surface area contributed by atoms with Gasteiger partial charge in [-0.25, -0.2) is 0 Å². The zero-order valence-electron chi connectivity index (χ0n) is 17.4. The van der Waals surface area contributed by atoms with Gasteiger partial charge in [0, 0.05) is 32.6 Å². The Morgan fingerprint density at radius 1 is 1.17 bits per heavy atom. The Morgan fingerprint density at radius 3 is 2.66 bits per heavy atom. The van der Waals surface area contributed by atoms with Crippen LogP contribution in [0.4, 0.5) is 5.82 Å². The number of anilines is 1. The van der Waals surface area contributed by atoms with Crippen molar-refractivity contribution in [2.45, 2.75) is 26.4 Å². The molecule has 1 aliphatic heterocycles. The Balaban J connectivity index is 1.66. The van der Waals surface area contributed by atoms with Crippen LogP contribution in [0.1, 0.15) is 30.6 Å². The number of carbonyl (C=O) groups excluding carboxylic acids is 1. The second-order valence-electron chi connectivity index (χ2n) is 6.92. The van der Waals surface area contributed by atoms with Gasteiger partial charge in [0.2, 0.25) is 5.88 Å². The quantitative estimate of drug-likeness (QED) is 0.674. The molecule has 2 aromatic rings. The number of nitrogens with zero attached hydrogens (tertiary/aromatic N) is 4. The molecule has 1 aliphatic rings. The molecule has 1 amide bonds. The Hall–Kier alpha value is -3.03. The second kappa shape index (κ2) is 9.45. The Bertz CT molecular complexity index is 843. The number of likely N-dealkylation sites (tertiary alicyclic amines) is 1. The number of amides is 1. The third-order valence-corrected chi connectivity index (χ3v) is 4.57. The van der Waals surface area contributed by atoms with Crippen molar-refractivity contribution in [3.63, 3.8) is 0 Å². The van der Waals surface area contributed by atoms with E-state index in [0.717, 1.165) is 12.2 Å². The molecule has 0 N–H and O–H groups in total. The third-order valence-electron chi connectivity index (χ3n) is 4.57. The highest BCUT2D eigenvalue weighted by Gasteiger charge is 2.29. The van der Waals surface area contributed by atoms with Gasteiger partial charge >= 0.3 is 0 Å². The average molecular weight is 400 g/mol. The van der Waals surface area contributed by atoms with E-state index in [-0.39, 0.29) is 12.0 Å². The first-order chi connectivity index (χ1) is 14.0. The predicted octanol–water partition coefficient (Wildman–Crippen LogP) is 2.63. The molecule has 0 spiro atoms. The van der Waals surface area contributed by atoms with Gasteiger partial charge in [0.1, 0.15) is 6.10 Å². The van der Waals surface area contributed by atoms with E-state index in [0.29, 0.717) is 49.2 Å².